The quantitative estimate of drug-likeness (QED) is 0.801. The van der Waals surface area contributed by atoms with E-state index in [1.165, 1.54) is 5.56 Å². The highest BCUT2D eigenvalue weighted by molar-refractivity contribution is 5.95. The van der Waals surface area contributed by atoms with Gasteiger partial charge in [-0.15, -0.1) is 0 Å². The van der Waals surface area contributed by atoms with Gasteiger partial charge in [-0.05, 0) is 50.6 Å². The molecule has 0 spiro atoms. The molecular formula is C22H28N2O3. The Morgan fingerprint density at radius 1 is 0.889 bits per heavy atom. The zero-order valence-electron chi connectivity index (χ0n) is 16.6. The van der Waals surface area contributed by atoms with Gasteiger partial charge in [-0.25, -0.2) is 4.79 Å². The van der Waals surface area contributed by atoms with Crippen LogP contribution in [0.4, 0.5) is 10.5 Å². The lowest BCUT2D eigenvalue weighted by molar-refractivity contribution is 0.0635. The van der Waals surface area contributed by atoms with Crippen molar-refractivity contribution in [3.63, 3.8) is 0 Å². The number of benzene rings is 2. The van der Waals surface area contributed by atoms with Gasteiger partial charge in [0.2, 0.25) is 0 Å². The maximum atomic E-state index is 12.4. The molecule has 144 valence electrons. The van der Waals surface area contributed by atoms with Gasteiger partial charge in [0.05, 0.1) is 0 Å². The number of nitrogens with one attached hydrogen (secondary N) is 2. The largest absolute Gasteiger partial charge is 0.444 e. The van der Waals surface area contributed by atoms with Crippen molar-refractivity contribution in [2.75, 3.05) is 11.9 Å². The zero-order valence-corrected chi connectivity index (χ0v) is 16.6. The second-order valence-electron chi connectivity index (χ2n) is 8.14. The molecule has 0 atom stereocenters. The fourth-order valence-electron chi connectivity index (χ4n) is 2.52. The van der Waals surface area contributed by atoms with Gasteiger partial charge in [-0.3, -0.25) is 10.1 Å². The van der Waals surface area contributed by atoms with Gasteiger partial charge < -0.3 is 10.1 Å². The molecule has 5 nitrogen and oxygen atoms in total. The first-order valence-corrected chi connectivity index (χ1v) is 9.01. The van der Waals surface area contributed by atoms with E-state index in [4.69, 9.17) is 4.74 Å². The first-order valence-electron chi connectivity index (χ1n) is 9.01. The van der Waals surface area contributed by atoms with Crippen LogP contribution in [0.1, 0.15) is 50.5 Å². The highest BCUT2D eigenvalue weighted by atomic mass is 16.6. The maximum absolute atomic E-state index is 12.4. The monoisotopic (exact) mass is 368 g/mol. The average Bonchev–Trinajstić information content (AvgIpc) is 2.59. The van der Waals surface area contributed by atoms with Crippen molar-refractivity contribution < 1.29 is 14.3 Å². The van der Waals surface area contributed by atoms with E-state index in [2.05, 4.69) is 36.6 Å². The van der Waals surface area contributed by atoms with Crippen LogP contribution in [-0.2, 0) is 10.2 Å². The number of rotatable bonds is 5. The number of carbonyl (C=O) groups excluding carboxylic acids is 2. The van der Waals surface area contributed by atoms with Crippen LogP contribution in [0.15, 0.2) is 54.6 Å². The molecule has 0 aliphatic carbocycles. The molecule has 5 heteroatoms. The highest BCUT2D eigenvalue weighted by Crippen LogP contribution is 2.22. The van der Waals surface area contributed by atoms with Gasteiger partial charge >= 0.3 is 6.09 Å². The summed E-state index contributed by atoms with van der Waals surface area (Å²) in [4.78, 5) is 24.2. The molecule has 0 saturated heterocycles. The van der Waals surface area contributed by atoms with Crippen molar-refractivity contribution >= 4 is 17.7 Å². The van der Waals surface area contributed by atoms with Crippen LogP contribution in [0.2, 0.25) is 0 Å². The lowest BCUT2D eigenvalue weighted by atomic mass is 9.84. The van der Waals surface area contributed by atoms with Gasteiger partial charge in [-0.2, -0.15) is 0 Å². The minimum Gasteiger partial charge on any atom is -0.444 e. The Morgan fingerprint density at radius 2 is 1.48 bits per heavy atom. The molecule has 0 unspecified atom stereocenters. The van der Waals surface area contributed by atoms with Crippen LogP contribution in [0.5, 0.6) is 0 Å². The van der Waals surface area contributed by atoms with Crippen molar-refractivity contribution in [1.82, 2.24) is 5.32 Å². The van der Waals surface area contributed by atoms with Crippen molar-refractivity contribution in [2.24, 2.45) is 0 Å². The molecule has 2 aromatic carbocycles. The summed E-state index contributed by atoms with van der Waals surface area (Å²) in [6.07, 6.45) is -0.524. The third-order valence-electron chi connectivity index (χ3n) is 4.04. The smallest absolute Gasteiger partial charge is 0.412 e. The van der Waals surface area contributed by atoms with Crippen molar-refractivity contribution in [3.05, 3.63) is 65.7 Å². The Labute approximate surface area is 161 Å². The topological polar surface area (TPSA) is 67.4 Å². The van der Waals surface area contributed by atoms with E-state index in [-0.39, 0.29) is 11.3 Å². The second-order valence-corrected chi connectivity index (χ2v) is 8.14. The van der Waals surface area contributed by atoms with E-state index in [9.17, 15) is 9.59 Å². The molecule has 0 heterocycles. The summed E-state index contributed by atoms with van der Waals surface area (Å²) in [5.74, 6) is -0.150. The number of hydrogen-bond acceptors (Lipinski definition) is 3. The molecule has 2 amide bonds. The third-order valence-corrected chi connectivity index (χ3v) is 4.04. The molecule has 2 N–H and O–H groups in total. The predicted molar refractivity (Wildman–Crippen MR) is 108 cm³/mol. The molecule has 2 aromatic rings. The summed E-state index contributed by atoms with van der Waals surface area (Å²) in [6, 6.07) is 16.8. The Balaban J connectivity index is 1.93. The predicted octanol–water partition coefficient (Wildman–Crippen LogP) is 4.74. The Bertz CT molecular complexity index is 775. The third kappa shape index (κ3) is 6.44. The lowest BCUT2D eigenvalue weighted by Gasteiger charge is -2.25. The summed E-state index contributed by atoms with van der Waals surface area (Å²) in [5.41, 5.74) is 1.55. The second kappa shape index (κ2) is 8.25. The van der Waals surface area contributed by atoms with Crippen LogP contribution in [0.25, 0.3) is 0 Å². The molecule has 0 fully saturated rings. The standard InChI is InChI=1S/C22H28N2O3/c1-21(2,3)27-20(26)24-18-13-11-16(12-14-18)19(25)23-15-22(4,5)17-9-7-6-8-10-17/h6-14H,15H2,1-5H3,(H,23,25)(H,24,26). The van der Waals surface area contributed by atoms with E-state index in [0.29, 0.717) is 17.8 Å². The van der Waals surface area contributed by atoms with Crippen LogP contribution >= 0.6 is 0 Å². The van der Waals surface area contributed by atoms with Crippen LogP contribution in [-0.4, -0.2) is 24.1 Å². The zero-order chi connectivity index (χ0) is 20.1. The summed E-state index contributed by atoms with van der Waals surface area (Å²) in [7, 11) is 0. The first-order chi connectivity index (χ1) is 12.6. The van der Waals surface area contributed by atoms with E-state index in [1.807, 2.05) is 18.2 Å². The summed E-state index contributed by atoms with van der Waals surface area (Å²) in [6.45, 7) is 10.1. The van der Waals surface area contributed by atoms with Gasteiger partial charge in [-0.1, -0.05) is 44.2 Å². The van der Waals surface area contributed by atoms with Gasteiger partial charge in [0, 0.05) is 23.2 Å². The van der Waals surface area contributed by atoms with Crippen LogP contribution < -0.4 is 10.6 Å². The number of hydrogen-bond donors (Lipinski definition) is 2. The van der Waals surface area contributed by atoms with Crippen molar-refractivity contribution in [1.29, 1.82) is 0 Å². The van der Waals surface area contributed by atoms with Gasteiger partial charge in [0.1, 0.15) is 5.60 Å². The SMILES string of the molecule is CC(C)(C)OC(=O)Nc1ccc(C(=O)NCC(C)(C)c2ccccc2)cc1. The molecule has 0 aliphatic rings. The van der Waals surface area contributed by atoms with Crippen molar-refractivity contribution in [3.8, 4) is 0 Å². The fourth-order valence-corrected chi connectivity index (χ4v) is 2.52. The molecule has 2 rings (SSSR count). The number of carbonyl (C=O) groups is 2. The summed E-state index contributed by atoms with van der Waals surface area (Å²) < 4.78 is 5.21. The number of anilines is 1. The van der Waals surface area contributed by atoms with E-state index in [1.54, 1.807) is 45.0 Å². The molecule has 0 aliphatic heterocycles. The van der Waals surface area contributed by atoms with Crippen molar-refractivity contribution in [2.45, 2.75) is 45.6 Å². The Morgan fingerprint density at radius 3 is 2.04 bits per heavy atom. The number of ether oxygens (including phenoxy) is 1. The van der Waals surface area contributed by atoms with Crippen LogP contribution in [0.3, 0.4) is 0 Å². The molecule has 0 radical (unpaired) electrons. The molecular weight excluding hydrogens is 340 g/mol. The minimum atomic E-state index is -0.560. The van der Waals surface area contributed by atoms with E-state index in [0.717, 1.165) is 0 Å². The Kier molecular flexibility index (Phi) is 6.26. The van der Waals surface area contributed by atoms with E-state index < -0.39 is 11.7 Å². The maximum Gasteiger partial charge on any atom is 0.412 e. The summed E-state index contributed by atoms with van der Waals surface area (Å²) >= 11 is 0. The van der Waals surface area contributed by atoms with Gasteiger partial charge in [0.15, 0.2) is 0 Å². The molecule has 27 heavy (non-hydrogen) atoms. The van der Waals surface area contributed by atoms with Gasteiger partial charge in [0.25, 0.3) is 5.91 Å². The normalized spacial score (nSPS) is 11.6. The van der Waals surface area contributed by atoms with E-state index >= 15 is 0 Å². The fraction of sp³-hybridized carbons (Fsp3) is 0.364. The lowest BCUT2D eigenvalue weighted by Crippen LogP contribution is -2.36. The minimum absolute atomic E-state index is 0.150. The molecule has 0 saturated carbocycles. The average molecular weight is 368 g/mol. The number of amides is 2. The van der Waals surface area contributed by atoms with Crippen LogP contribution in [0, 0.1) is 0 Å². The molecule has 0 bridgehead atoms. The molecule has 0 aromatic heterocycles. The summed E-state index contributed by atoms with van der Waals surface area (Å²) in [5, 5.41) is 5.63. The Hall–Kier alpha value is -2.82. The first kappa shape index (κ1) is 20.5. The highest BCUT2D eigenvalue weighted by Gasteiger charge is 2.21.